The summed E-state index contributed by atoms with van der Waals surface area (Å²) in [7, 11) is 0. The number of carbonyl (C=O) groups is 6. The second-order valence-corrected chi connectivity index (χ2v) is 11.1. The zero-order valence-corrected chi connectivity index (χ0v) is 24.6. The predicted octanol–water partition coefficient (Wildman–Crippen LogP) is 2.01. The minimum atomic E-state index is -1.12. The van der Waals surface area contributed by atoms with Gasteiger partial charge in [0.2, 0.25) is 17.6 Å². The van der Waals surface area contributed by atoms with E-state index in [-0.39, 0.29) is 37.4 Å². The minimum Gasteiger partial charge on any atom is -0.460 e. The molecule has 3 atom stereocenters. The number of alkyl carbamates (subject to hydrolysis) is 1. The molecule has 0 bridgehead atoms. The van der Waals surface area contributed by atoms with Crippen molar-refractivity contribution in [3.8, 4) is 0 Å². The summed E-state index contributed by atoms with van der Waals surface area (Å²) >= 11 is 0. The number of amides is 4. The van der Waals surface area contributed by atoms with E-state index in [4.69, 9.17) is 9.47 Å². The predicted molar refractivity (Wildman–Crippen MR) is 150 cm³/mol. The van der Waals surface area contributed by atoms with Crippen molar-refractivity contribution in [1.29, 1.82) is 0 Å². The van der Waals surface area contributed by atoms with Crippen LogP contribution in [0.5, 0.6) is 0 Å². The first-order valence-electron chi connectivity index (χ1n) is 14.7. The Kier molecular flexibility index (Phi) is 14.3. The van der Waals surface area contributed by atoms with Crippen LogP contribution in [-0.4, -0.2) is 84.9 Å². The minimum absolute atomic E-state index is 0.0238. The molecule has 230 valence electrons. The maximum absolute atomic E-state index is 13.8. The first-order chi connectivity index (χ1) is 19.6. The molecule has 1 saturated heterocycles. The molecule has 0 spiro atoms. The van der Waals surface area contributed by atoms with Gasteiger partial charge in [-0.05, 0) is 43.9 Å². The van der Waals surface area contributed by atoms with E-state index in [0.29, 0.717) is 25.8 Å². The van der Waals surface area contributed by atoms with Crippen LogP contribution in [0.25, 0.3) is 0 Å². The van der Waals surface area contributed by atoms with E-state index in [9.17, 15) is 28.8 Å². The number of esters is 1. The second kappa shape index (κ2) is 17.4. The maximum Gasteiger partial charge on any atom is 0.407 e. The molecule has 4 amide bonds. The molecule has 41 heavy (non-hydrogen) atoms. The van der Waals surface area contributed by atoms with Gasteiger partial charge in [0, 0.05) is 6.54 Å². The number of likely N-dealkylation sites (tertiary alicyclic amines) is 1. The first-order valence-corrected chi connectivity index (χ1v) is 14.7. The van der Waals surface area contributed by atoms with Crippen LogP contribution >= 0.6 is 0 Å². The van der Waals surface area contributed by atoms with Gasteiger partial charge >= 0.3 is 12.1 Å². The zero-order valence-electron chi connectivity index (χ0n) is 24.6. The molecule has 2 aliphatic rings. The second-order valence-electron chi connectivity index (χ2n) is 11.1. The number of hydrogen-bond donors (Lipinski definition) is 3. The molecule has 0 aromatic heterocycles. The largest absolute Gasteiger partial charge is 0.460 e. The van der Waals surface area contributed by atoms with Crippen LogP contribution in [-0.2, 0) is 33.4 Å². The molecule has 1 aliphatic carbocycles. The Balaban J connectivity index is 2.09. The highest BCUT2D eigenvalue weighted by Crippen LogP contribution is 2.29. The zero-order chi connectivity index (χ0) is 30.4. The molecule has 0 unspecified atom stereocenters. The highest BCUT2D eigenvalue weighted by molar-refractivity contribution is 6.38. The molecule has 0 aromatic rings. The standard InChI is InChI=1S/C29H46N4O8/c1-5-11-21(25(35)27(37)30-17-23(34)40-16-6-2)31-26(36)22-14-10-15-33(22)28(38)24(20-12-8-7-9-13-20)32-29(39)41-18-19(3)4/h6,19-22,24H,2,5,7-18H2,1,3-4H3,(H,30,37)(H,31,36)(H,32,39)/t21-,22-,24-/m0/s1. The average Bonchev–Trinajstić information content (AvgIpc) is 3.46. The lowest BCUT2D eigenvalue weighted by atomic mass is 9.83. The summed E-state index contributed by atoms with van der Waals surface area (Å²) in [6.45, 7) is 9.12. The summed E-state index contributed by atoms with van der Waals surface area (Å²) < 4.78 is 10.1. The molecule has 3 N–H and O–H groups in total. The third kappa shape index (κ3) is 10.8. The summed E-state index contributed by atoms with van der Waals surface area (Å²) in [5.41, 5.74) is 0. The number of nitrogens with zero attached hydrogens (tertiary/aromatic N) is 1. The number of ketones is 1. The smallest absolute Gasteiger partial charge is 0.407 e. The quantitative estimate of drug-likeness (QED) is 0.151. The van der Waals surface area contributed by atoms with Crippen molar-refractivity contribution in [3.05, 3.63) is 12.7 Å². The van der Waals surface area contributed by atoms with Crippen molar-refractivity contribution in [2.75, 3.05) is 26.3 Å². The van der Waals surface area contributed by atoms with E-state index < -0.39 is 54.3 Å². The lowest BCUT2D eigenvalue weighted by Gasteiger charge is -2.34. The molecule has 1 aliphatic heterocycles. The van der Waals surface area contributed by atoms with Crippen molar-refractivity contribution >= 4 is 35.6 Å². The van der Waals surface area contributed by atoms with Crippen LogP contribution in [0.4, 0.5) is 4.79 Å². The van der Waals surface area contributed by atoms with Crippen molar-refractivity contribution in [3.63, 3.8) is 0 Å². The molecule has 12 heteroatoms. The molecule has 0 aromatic carbocycles. The number of hydrogen-bond acceptors (Lipinski definition) is 8. The van der Waals surface area contributed by atoms with E-state index in [2.05, 4.69) is 22.5 Å². The number of nitrogens with one attached hydrogen (secondary N) is 3. The summed E-state index contributed by atoms with van der Waals surface area (Å²) in [4.78, 5) is 78.1. The van der Waals surface area contributed by atoms with E-state index in [1.54, 1.807) is 6.92 Å². The number of rotatable bonds is 15. The highest BCUT2D eigenvalue weighted by Gasteiger charge is 2.42. The van der Waals surface area contributed by atoms with Gasteiger partial charge < -0.3 is 30.3 Å². The van der Waals surface area contributed by atoms with E-state index in [1.807, 2.05) is 13.8 Å². The normalized spacial score (nSPS) is 18.6. The monoisotopic (exact) mass is 578 g/mol. The van der Waals surface area contributed by atoms with E-state index in [1.165, 1.54) is 11.0 Å². The lowest BCUT2D eigenvalue weighted by molar-refractivity contribution is -0.145. The number of ether oxygens (including phenoxy) is 2. The Bertz CT molecular complexity index is 947. The van der Waals surface area contributed by atoms with Gasteiger partial charge in [0.25, 0.3) is 5.91 Å². The van der Waals surface area contributed by atoms with Crippen LogP contribution in [0.15, 0.2) is 12.7 Å². The Hall–Kier alpha value is -3.44. The van der Waals surface area contributed by atoms with Gasteiger partial charge in [0.1, 0.15) is 25.2 Å². The van der Waals surface area contributed by atoms with E-state index in [0.717, 1.165) is 32.1 Å². The maximum atomic E-state index is 13.8. The number of carbonyl (C=O) groups excluding carboxylic acids is 6. The van der Waals surface area contributed by atoms with Crippen LogP contribution in [0.3, 0.4) is 0 Å². The van der Waals surface area contributed by atoms with Gasteiger partial charge in [-0.15, -0.1) is 0 Å². The van der Waals surface area contributed by atoms with Gasteiger partial charge in [-0.25, -0.2) is 4.79 Å². The highest BCUT2D eigenvalue weighted by atomic mass is 16.5. The van der Waals surface area contributed by atoms with Gasteiger partial charge in [-0.1, -0.05) is 59.1 Å². The van der Waals surface area contributed by atoms with Gasteiger partial charge in [0.05, 0.1) is 12.6 Å². The molecule has 2 fully saturated rings. The van der Waals surface area contributed by atoms with Crippen LogP contribution < -0.4 is 16.0 Å². The Morgan fingerprint density at radius 2 is 1.68 bits per heavy atom. The summed E-state index contributed by atoms with van der Waals surface area (Å²) in [6, 6.07) is -2.78. The van der Waals surface area contributed by atoms with Crippen molar-refractivity contribution < 1.29 is 38.2 Å². The molecule has 1 heterocycles. The van der Waals surface area contributed by atoms with Crippen LogP contribution in [0.1, 0.15) is 78.6 Å². The van der Waals surface area contributed by atoms with E-state index >= 15 is 0 Å². The average molecular weight is 579 g/mol. The fraction of sp³-hybridized carbons (Fsp3) is 0.724. The molecular formula is C29H46N4O8. The fourth-order valence-corrected chi connectivity index (χ4v) is 5.17. The van der Waals surface area contributed by atoms with Crippen molar-refractivity contribution in [1.82, 2.24) is 20.9 Å². The first kappa shape index (κ1) is 33.8. The lowest BCUT2D eigenvalue weighted by Crippen LogP contribution is -2.58. The summed E-state index contributed by atoms with van der Waals surface area (Å²) in [5.74, 6) is -3.43. The Morgan fingerprint density at radius 3 is 2.32 bits per heavy atom. The molecule has 0 radical (unpaired) electrons. The molecular weight excluding hydrogens is 532 g/mol. The third-order valence-corrected chi connectivity index (χ3v) is 7.24. The van der Waals surface area contributed by atoms with Crippen molar-refractivity contribution in [2.24, 2.45) is 11.8 Å². The molecule has 12 nitrogen and oxygen atoms in total. The molecule has 1 saturated carbocycles. The Morgan fingerprint density at radius 1 is 0.976 bits per heavy atom. The Labute approximate surface area is 242 Å². The van der Waals surface area contributed by atoms with Crippen LogP contribution in [0, 0.1) is 11.8 Å². The van der Waals surface area contributed by atoms with Crippen molar-refractivity contribution in [2.45, 2.75) is 96.7 Å². The summed E-state index contributed by atoms with van der Waals surface area (Å²) in [5, 5.41) is 7.65. The molecule has 2 rings (SSSR count). The van der Waals surface area contributed by atoms with Crippen LogP contribution in [0.2, 0.25) is 0 Å². The SMILES string of the molecule is C=CCOC(=O)CNC(=O)C(=O)[C@H](CCC)NC(=O)[C@@H]1CCCN1C(=O)[C@@H](NC(=O)OCC(C)C)C1CCCCC1. The van der Waals surface area contributed by atoms with Gasteiger partial charge in [-0.2, -0.15) is 0 Å². The van der Waals surface area contributed by atoms with Gasteiger partial charge in [-0.3, -0.25) is 24.0 Å². The topological polar surface area (TPSA) is 160 Å². The third-order valence-electron chi connectivity index (χ3n) is 7.24. The number of Topliss-reactive ketones (excluding diaryl/α,β-unsaturated/α-hetero) is 1. The fourth-order valence-electron chi connectivity index (χ4n) is 5.17. The van der Waals surface area contributed by atoms with Gasteiger partial charge in [0.15, 0.2) is 0 Å². The summed E-state index contributed by atoms with van der Waals surface area (Å²) in [6.07, 6.45) is 6.95.